The summed E-state index contributed by atoms with van der Waals surface area (Å²) in [6.07, 6.45) is 2.15. The van der Waals surface area contributed by atoms with Gasteiger partial charge in [-0.05, 0) is 23.3 Å². The first-order valence-electron chi connectivity index (χ1n) is 9.44. The molecule has 5 rings (SSSR count). The molecule has 0 atom stereocenters. The molecular weight excluding hydrogens is 533 g/mol. The first kappa shape index (κ1) is 19.3. The molecule has 0 bridgehead atoms. The number of hydrogen-bond acceptors (Lipinski definition) is 0. The van der Waals surface area contributed by atoms with Crippen LogP contribution in [0.5, 0.6) is 0 Å². The second-order valence-corrected chi connectivity index (χ2v) is 6.93. The topological polar surface area (TPSA) is 9.86 Å². The van der Waals surface area contributed by atoms with E-state index in [1.54, 1.807) is 0 Å². The molecule has 1 heterocycles. The monoisotopic (exact) mass is 553 g/mol. The van der Waals surface area contributed by atoms with Gasteiger partial charge in [-0.3, -0.25) is 0 Å². The van der Waals surface area contributed by atoms with E-state index in [-0.39, 0.29) is 20.1 Å². The second-order valence-electron chi connectivity index (χ2n) is 6.93. The van der Waals surface area contributed by atoms with Crippen molar-refractivity contribution in [3.63, 3.8) is 0 Å². The van der Waals surface area contributed by atoms with Crippen molar-refractivity contribution in [1.29, 1.82) is 0 Å². The van der Waals surface area contributed by atoms with Gasteiger partial charge in [0.05, 0.1) is 11.1 Å². The third kappa shape index (κ3) is 3.44. The fourth-order valence-electron chi connectivity index (χ4n) is 3.89. The zero-order valence-corrected chi connectivity index (χ0v) is 18.4. The van der Waals surface area contributed by atoms with Gasteiger partial charge in [-0.25, -0.2) is 4.57 Å². The first-order chi connectivity index (χ1) is 13.8. The van der Waals surface area contributed by atoms with Crippen LogP contribution in [0.3, 0.4) is 0 Å². The number of fused-ring (bicyclic) bond motifs is 1. The van der Waals surface area contributed by atoms with Gasteiger partial charge in [0.15, 0.2) is 17.4 Å². The Hall–Kier alpha value is -3.00. The maximum atomic E-state index is 3.38. The van der Waals surface area contributed by atoms with Crippen molar-refractivity contribution in [2.45, 2.75) is 0 Å². The summed E-state index contributed by atoms with van der Waals surface area (Å²) in [6.45, 7) is 0. The molecule has 0 spiro atoms. The Bertz CT molecular complexity index is 1240. The molecule has 143 valence electrons. The summed E-state index contributed by atoms with van der Waals surface area (Å²) in [5.74, 6) is 0. The predicted molar refractivity (Wildman–Crippen MR) is 116 cm³/mol. The molecule has 29 heavy (non-hydrogen) atoms. The van der Waals surface area contributed by atoms with Crippen molar-refractivity contribution in [2.24, 2.45) is 7.05 Å². The van der Waals surface area contributed by atoms with Crippen LogP contribution in [0, 0.1) is 6.07 Å². The van der Waals surface area contributed by atoms with Gasteiger partial charge in [0.2, 0.25) is 0 Å². The molecule has 0 saturated heterocycles. The van der Waals surface area contributed by atoms with E-state index in [1.165, 1.54) is 33.3 Å². The summed E-state index contributed by atoms with van der Waals surface area (Å²) >= 11 is 0. The maximum Gasteiger partial charge on any atom is 0.197 e. The van der Waals surface area contributed by atoms with Gasteiger partial charge in [-0.1, -0.05) is 60.7 Å². The molecule has 4 aromatic carbocycles. The molecule has 0 aliphatic carbocycles. The molecule has 1 radical (unpaired) electrons. The summed E-state index contributed by atoms with van der Waals surface area (Å²) in [7, 11) is 2.11. The number of nitrogens with zero attached hydrogens (tertiary/aromatic N) is 2. The molecule has 0 aliphatic rings. The van der Waals surface area contributed by atoms with Gasteiger partial charge in [0.25, 0.3) is 0 Å². The zero-order chi connectivity index (χ0) is 18.9. The van der Waals surface area contributed by atoms with Crippen molar-refractivity contribution in [1.82, 2.24) is 9.13 Å². The Balaban J connectivity index is 0.00000205. The van der Waals surface area contributed by atoms with E-state index in [2.05, 4.69) is 114 Å². The number of para-hydroxylation sites is 1. The van der Waals surface area contributed by atoms with Crippen molar-refractivity contribution in [2.75, 3.05) is 0 Å². The molecule has 0 N–H and O–H groups in total. The predicted octanol–water partition coefficient (Wildman–Crippen LogP) is 6.38. The largest absolute Gasteiger partial charge is 0.247 e. The van der Waals surface area contributed by atoms with Crippen LogP contribution in [0.25, 0.3) is 39.0 Å². The summed E-state index contributed by atoms with van der Waals surface area (Å²) < 4.78 is 4.45. The third-order valence-electron chi connectivity index (χ3n) is 5.16. The number of aryl methyl sites for hydroxylation is 1. The molecule has 0 amide bonds. The van der Waals surface area contributed by atoms with Crippen molar-refractivity contribution >= 4 is 11.0 Å². The van der Waals surface area contributed by atoms with Crippen LogP contribution in [0.15, 0.2) is 103 Å². The summed E-state index contributed by atoms with van der Waals surface area (Å²) in [5, 5.41) is 0. The van der Waals surface area contributed by atoms with E-state index in [9.17, 15) is 0 Å². The smallest absolute Gasteiger partial charge is 0.197 e. The van der Waals surface area contributed by atoms with Crippen molar-refractivity contribution in [3.8, 4) is 27.9 Å². The Labute approximate surface area is 184 Å². The first-order valence-corrected chi connectivity index (χ1v) is 9.44. The minimum absolute atomic E-state index is 0. The maximum absolute atomic E-state index is 3.38. The molecule has 5 aromatic rings. The molecule has 0 fully saturated rings. The molecule has 3 heteroatoms. The Morgan fingerprint density at radius 1 is 0.655 bits per heavy atom. The van der Waals surface area contributed by atoms with Crippen LogP contribution in [-0.4, -0.2) is 9.13 Å². The van der Waals surface area contributed by atoms with E-state index in [0.717, 1.165) is 5.69 Å². The van der Waals surface area contributed by atoms with Crippen LogP contribution < -0.4 is 0 Å². The number of benzene rings is 4. The molecule has 0 aliphatic heterocycles. The molecule has 0 saturated carbocycles. The van der Waals surface area contributed by atoms with Crippen LogP contribution >= 0.6 is 0 Å². The van der Waals surface area contributed by atoms with Gasteiger partial charge < -0.3 is 0 Å². The van der Waals surface area contributed by atoms with Crippen LogP contribution in [-0.2, 0) is 27.2 Å². The number of hydrogen-bond donors (Lipinski definition) is 0. The average molecular weight is 553 g/mol. The fraction of sp³-hybridized carbons (Fsp3) is 0.0385. The summed E-state index contributed by atoms with van der Waals surface area (Å²) in [5.41, 5.74) is 8.32. The molecule has 0 unspecified atom stereocenters. The fourth-order valence-corrected chi connectivity index (χ4v) is 3.89. The van der Waals surface area contributed by atoms with Crippen LogP contribution in [0.2, 0.25) is 0 Å². The van der Waals surface area contributed by atoms with Crippen LogP contribution in [0.1, 0.15) is 0 Å². The summed E-state index contributed by atoms with van der Waals surface area (Å²) in [4.78, 5) is 0. The molecule has 1 aromatic heterocycles. The third-order valence-corrected chi connectivity index (χ3v) is 5.16. The SMILES string of the molecule is Cn1[cH+]n(-c2[c-]cccc2)c2c(-c3ccccc3)ccc(-c3ccccc3)c21.[Ir]. The standard InChI is InChI=1S/C26H20N2.Ir/c1-27-19-28(22-15-9-4-10-16-22)26-24(21-13-7-3-8-14-21)18-17-23(25(26)27)20-11-5-2-6-12-20;/h2-15,17-19H,1H3;. The number of imidazole rings is 1. The normalized spacial score (nSPS) is 10.7. The molecule has 2 nitrogen and oxygen atoms in total. The van der Waals surface area contributed by atoms with Gasteiger partial charge in [0, 0.05) is 32.8 Å². The number of aromatic nitrogens is 2. The zero-order valence-electron chi connectivity index (χ0n) is 16.0. The minimum atomic E-state index is 0. The van der Waals surface area contributed by atoms with Gasteiger partial charge in [-0.15, -0.1) is 12.1 Å². The quantitative estimate of drug-likeness (QED) is 0.230. The van der Waals surface area contributed by atoms with Gasteiger partial charge in [-0.2, -0.15) is 22.8 Å². The van der Waals surface area contributed by atoms with Crippen molar-refractivity contribution in [3.05, 3.63) is 109 Å². The average Bonchev–Trinajstić information content (AvgIpc) is 3.13. The van der Waals surface area contributed by atoms with Crippen LogP contribution in [0.4, 0.5) is 0 Å². The van der Waals surface area contributed by atoms with Gasteiger partial charge in [0.1, 0.15) is 0 Å². The van der Waals surface area contributed by atoms with E-state index in [0.29, 0.717) is 0 Å². The Morgan fingerprint density at radius 3 is 1.76 bits per heavy atom. The minimum Gasteiger partial charge on any atom is -0.247 e. The Kier molecular flexibility index (Phi) is 5.44. The van der Waals surface area contributed by atoms with E-state index >= 15 is 0 Å². The molecular formula is C26H20IrN2. The van der Waals surface area contributed by atoms with E-state index in [1.807, 2.05) is 12.1 Å². The number of rotatable bonds is 3. The van der Waals surface area contributed by atoms with E-state index in [4.69, 9.17) is 0 Å². The Morgan fingerprint density at radius 2 is 1.21 bits per heavy atom. The summed E-state index contributed by atoms with van der Waals surface area (Å²) in [6, 6.07) is 37.1. The van der Waals surface area contributed by atoms with Gasteiger partial charge >= 0.3 is 0 Å². The van der Waals surface area contributed by atoms with E-state index < -0.39 is 0 Å². The second kappa shape index (κ2) is 8.16. The van der Waals surface area contributed by atoms with Crippen molar-refractivity contribution < 1.29 is 20.1 Å².